The SMILES string of the molecule is CC(O)(Cc1cc(F)cc(Br)c1)c1cccc(C#N)c1. The van der Waals surface area contributed by atoms with E-state index in [1.54, 1.807) is 37.3 Å². The number of rotatable bonds is 3. The first-order valence-corrected chi connectivity index (χ1v) is 6.88. The summed E-state index contributed by atoms with van der Waals surface area (Å²) in [6, 6.07) is 13.4. The van der Waals surface area contributed by atoms with Crippen molar-refractivity contribution in [2.45, 2.75) is 18.9 Å². The Hall–Kier alpha value is -1.70. The first kappa shape index (κ1) is 14.7. The van der Waals surface area contributed by atoms with Crippen LogP contribution in [0.15, 0.2) is 46.9 Å². The van der Waals surface area contributed by atoms with Crippen LogP contribution in [0.3, 0.4) is 0 Å². The van der Waals surface area contributed by atoms with Gasteiger partial charge in [-0.15, -0.1) is 0 Å². The molecule has 2 aromatic rings. The van der Waals surface area contributed by atoms with Crippen molar-refractivity contribution in [3.8, 4) is 6.07 Å². The largest absolute Gasteiger partial charge is 0.385 e. The number of nitrogens with zero attached hydrogens (tertiary/aromatic N) is 1. The van der Waals surface area contributed by atoms with Gasteiger partial charge in [-0.2, -0.15) is 5.26 Å². The summed E-state index contributed by atoms with van der Waals surface area (Å²) in [5.74, 6) is -0.351. The molecule has 0 amide bonds. The molecule has 0 aliphatic rings. The Labute approximate surface area is 125 Å². The van der Waals surface area contributed by atoms with Gasteiger partial charge in [-0.1, -0.05) is 28.1 Å². The molecule has 1 atom stereocenters. The highest BCUT2D eigenvalue weighted by Crippen LogP contribution is 2.27. The molecule has 0 aliphatic heterocycles. The van der Waals surface area contributed by atoms with Gasteiger partial charge in [0, 0.05) is 10.9 Å². The molecule has 0 heterocycles. The Balaban J connectivity index is 2.32. The highest BCUT2D eigenvalue weighted by atomic mass is 79.9. The van der Waals surface area contributed by atoms with Crippen LogP contribution in [-0.4, -0.2) is 5.11 Å². The number of aliphatic hydroxyl groups is 1. The van der Waals surface area contributed by atoms with E-state index in [1.807, 2.05) is 6.07 Å². The molecule has 0 saturated carbocycles. The summed E-state index contributed by atoms with van der Waals surface area (Å²) >= 11 is 3.23. The summed E-state index contributed by atoms with van der Waals surface area (Å²) in [4.78, 5) is 0. The first-order valence-electron chi connectivity index (χ1n) is 6.09. The average molecular weight is 334 g/mol. The van der Waals surface area contributed by atoms with E-state index in [4.69, 9.17) is 5.26 Å². The smallest absolute Gasteiger partial charge is 0.124 e. The zero-order chi connectivity index (χ0) is 14.8. The van der Waals surface area contributed by atoms with Gasteiger partial charge < -0.3 is 5.11 Å². The maximum Gasteiger partial charge on any atom is 0.124 e. The fourth-order valence-corrected chi connectivity index (χ4v) is 2.65. The van der Waals surface area contributed by atoms with E-state index >= 15 is 0 Å². The van der Waals surface area contributed by atoms with Crippen LogP contribution < -0.4 is 0 Å². The zero-order valence-corrected chi connectivity index (χ0v) is 12.5. The maximum atomic E-state index is 13.4. The standard InChI is InChI=1S/C16H13BrFNO/c1-16(20,13-4-2-3-11(5-13)10-19)9-12-6-14(17)8-15(18)7-12/h2-8,20H,9H2,1H3. The fraction of sp³-hybridized carbons (Fsp3) is 0.188. The molecule has 2 nitrogen and oxygen atoms in total. The first-order chi connectivity index (χ1) is 9.40. The molecule has 0 aromatic heterocycles. The van der Waals surface area contributed by atoms with Crippen molar-refractivity contribution in [2.75, 3.05) is 0 Å². The predicted molar refractivity (Wildman–Crippen MR) is 78.5 cm³/mol. The molecular formula is C16H13BrFNO. The molecule has 2 aromatic carbocycles. The second-order valence-corrected chi connectivity index (χ2v) is 5.84. The van der Waals surface area contributed by atoms with Gasteiger partial charge in [0.05, 0.1) is 17.2 Å². The minimum Gasteiger partial charge on any atom is -0.385 e. The molecule has 2 rings (SSSR count). The Morgan fingerprint density at radius 3 is 2.70 bits per heavy atom. The minimum absolute atomic E-state index is 0.262. The summed E-state index contributed by atoms with van der Waals surface area (Å²) in [5.41, 5.74) is 0.643. The topological polar surface area (TPSA) is 44.0 Å². The third-order valence-electron chi connectivity index (χ3n) is 3.08. The Morgan fingerprint density at radius 1 is 1.30 bits per heavy atom. The van der Waals surface area contributed by atoms with Crippen molar-refractivity contribution >= 4 is 15.9 Å². The molecule has 0 radical (unpaired) electrons. The van der Waals surface area contributed by atoms with Gasteiger partial charge in [-0.3, -0.25) is 0 Å². The lowest BCUT2D eigenvalue weighted by Crippen LogP contribution is -2.24. The third-order valence-corrected chi connectivity index (χ3v) is 3.54. The van der Waals surface area contributed by atoms with Crippen LogP contribution in [0.2, 0.25) is 0 Å². The van der Waals surface area contributed by atoms with E-state index in [-0.39, 0.29) is 12.2 Å². The zero-order valence-electron chi connectivity index (χ0n) is 10.9. The van der Waals surface area contributed by atoms with E-state index < -0.39 is 5.60 Å². The van der Waals surface area contributed by atoms with E-state index in [1.165, 1.54) is 12.1 Å². The normalized spacial score (nSPS) is 13.6. The van der Waals surface area contributed by atoms with Crippen LogP contribution in [0.25, 0.3) is 0 Å². The summed E-state index contributed by atoms with van der Waals surface area (Å²) < 4.78 is 14.0. The van der Waals surface area contributed by atoms with Crippen molar-refractivity contribution in [2.24, 2.45) is 0 Å². The molecule has 20 heavy (non-hydrogen) atoms. The van der Waals surface area contributed by atoms with Gasteiger partial charge >= 0.3 is 0 Å². The number of nitriles is 1. The van der Waals surface area contributed by atoms with Gasteiger partial charge in [0.15, 0.2) is 0 Å². The van der Waals surface area contributed by atoms with E-state index in [2.05, 4.69) is 15.9 Å². The second kappa shape index (κ2) is 5.74. The molecule has 0 fully saturated rings. The molecule has 0 aliphatic carbocycles. The Bertz CT molecular complexity index is 656. The quantitative estimate of drug-likeness (QED) is 0.925. The molecule has 0 spiro atoms. The highest BCUT2D eigenvalue weighted by Gasteiger charge is 2.24. The van der Waals surface area contributed by atoms with Crippen LogP contribution in [-0.2, 0) is 12.0 Å². The molecular weight excluding hydrogens is 321 g/mol. The van der Waals surface area contributed by atoms with Crippen molar-refractivity contribution in [1.29, 1.82) is 5.26 Å². The molecule has 0 bridgehead atoms. The minimum atomic E-state index is -1.17. The summed E-state index contributed by atoms with van der Waals surface area (Å²) in [6.07, 6.45) is 0.262. The van der Waals surface area contributed by atoms with Crippen LogP contribution in [0.5, 0.6) is 0 Å². The van der Waals surface area contributed by atoms with Crippen LogP contribution in [0, 0.1) is 17.1 Å². The molecule has 0 saturated heterocycles. The lowest BCUT2D eigenvalue weighted by Gasteiger charge is -2.24. The molecule has 102 valence electrons. The molecule has 1 N–H and O–H groups in total. The van der Waals surface area contributed by atoms with Crippen molar-refractivity contribution in [3.63, 3.8) is 0 Å². The van der Waals surface area contributed by atoms with Gasteiger partial charge in [0.1, 0.15) is 5.82 Å². The monoisotopic (exact) mass is 333 g/mol. The van der Waals surface area contributed by atoms with Crippen molar-refractivity contribution in [3.05, 3.63) is 69.4 Å². The summed E-state index contributed by atoms with van der Waals surface area (Å²) in [7, 11) is 0. The molecule has 1 unspecified atom stereocenters. The van der Waals surface area contributed by atoms with E-state index in [0.717, 1.165) is 0 Å². The Morgan fingerprint density at radius 2 is 2.05 bits per heavy atom. The number of benzene rings is 2. The van der Waals surface area contributed by atoms with Gasteiger partial charge in [0.25, 0.3) is 0 Å². The van der Waals surface area contributed by atoms with Crippen molar-refractivity contribution < 1.29 is 9.50 Å². The highest BCUT2D eigenvalue weighted by molar-refractivity contribution is 9.10. The lowest BCUT2D eigenvalue weighted by molar-refractivity contribution is 0.0575. The maximum absolute atomic E-state index is 13.4. The lowest BCUT2D eigenvalue weighted by atomic mass is 9.88. The van der Waals surface area contributed by atoms with E-state index in [9.17, 15) is 9.50 Å². The van der Waals surface area contributed by atoms with Gasteiger partial charge in [0.2, 0.25) is 0 Å². The second-order valence-electron chi connectivity index (χ2n) is 4.92. The number of hydrogen-bond donors (Lipinski definition) is 1. The average Bonchev–Trinajstić information content (AvgIpc) is 2.37. The Kier molecular flexibility index (Phi) is 4.22. The van der Waals surface area contributed by atoms with Crippen molar-refractivity contribution in [1.82, 2.24) is 0 Å². The van der Waals surface area contributed by atoms with E-state index in [0.29, 0.717) is 21.2 Å². The van der Waals surface area contributed by atoms with Crippen LogP contribution in [0.4, 0.5) is 4.39 Å². The third kappa shape index (κ3) is 3.44. The predicted octanol–water partition coefficient (Wildman–Crippen LogP) is 3.91. The summed E-state index contributed by atoms with van der Waals surface area (Å²) in [5, 5.41) is 19.5. The fourth-order valence-electron chi connectivity index (χ4n) is 2.14. The van der Waals surface area contributed by atoms with Gasteiger partial charge in [-0.25, -0.2) is 4.39 Å². The summed E-state index contributed by atoms with van der Waals surface area (Å²) in [6.45, 7) is 1.66. The van der Waals surface area contributed by atoms with Crippen LogP contribution in [0.1, 0.15) is 23.6 Å². The number of halogens is 2. The number of hydrogen-bond acceptors (Lipinski definition) is 2. The van der Waals surface area contributed by atoms with Crippen LogP contribution >= 0.6 is 15.9 Å². The van der Waals surface area contributed by atoms with Gasteiger partial charge in [-0.05, 0) is 48.4 Å². The molecule has 4 heteroatoms.